The van der Waals surface area contributed by atoms with Crippen LogP contribution >= 0.6 is 11.8 Å². The lowest BCUT2D eigenvalue weighted by Crippen LogP contribution is -2.29. The van der Waals surface area contributed by atoms with E-state index in [1.165, 1.54) is 16.9 Å². The fourth-order valence-corrected chi connectivity index (χ4v) is 2.66. The van der Waals surface area contributed by atoms with Gasteiger partial charge >= 0.3 is 0 Å². The van der Waals surface area contributed by atoms with Crippen LogP contribution in [-0.4, -0.2) is 35.1 Å². The van der Waals surface area contributed by atoms with E-state index in [0.29, 0.717) is 18.0 Å². The van der Waals surface area contributed by atoms with Crippen molar-refractivity contribution in [3.8, 4) is 0 Å². The number of rotatable bonds is 5. The lowest BCUT2D eigenvalue weighted by Gasteiger charge is -2.15. The zero-order chi connectivity index (χ0) is 14.5. The molecule has 1 aromatic heterocycles. The molecule has 1 amide bonds. The number of benzene rings is 1. The Kier molecular flexibility index (Phi) is 4.84. The molecule has 1 aromatic carbocycles. The summed E-state index contributed by atoms with van der Waals surface area (Å²) in [5.74, 6) is 1.32. The summed E-state index contributed by atoms with van der Waals surface area (Å²) in [6, 6.07) is 8.39. The Morgan fingerprint density at radius 2 is 2.00 bits per heavy atom. The molecule has 0 radical (unpaired) electrons. The molecule has 0 N–H and O–H groups in total. The van der Waals surface area contributed by atoms with Gasteiger partial charge in [0.1, 0.15) is 5.76 Å². The molecule has 2 aromatic rings. The van der Waals surface area contributed by atoms with Gasteiger partial charge in [-0.25, -0.2) is 4.98 Å². The lowest BCUT2D eigenvalue weighted by molar-refractivity contribution is 0.0797. The second kappa shape index (κ2) is 6.61. The smallest absolute Gasteiger partial charge is 0.275 e. The van der Waals surface area contributed by atoms with E-state index in [4.69, 9.17) is 4.42 Å². The molecule has 0 aliphatic heterocycles. The molecule has 0 bridgehead atoms. The summed E-state index contributed by atoms with van der Waals surface area (Å²) in [5.41, 5.74) is 1.65. The van der Waals surface area contributed by atoms with E-state index in [1.807, 2.05) is 0 Å². The minimum absolute atomic E-state index is 0.0965. The van der Waals surface area contributed by atoms with E-state index in [-0.39, 0.29) is 5.91 Å². The third-order valence-electron chi connectivity index (χ3n) is 3.01. The van der Waals surface area contributed by atoms with Gasteiger partial charge in [-0.05, 0) is 26.0 Å². The Balaban J connectivity index is 1.83. The van der Waals surface area contributed by atoms with Crippen LogP contribution in [0.1, 0.15) is 21.8 Å². The Morgan fingerprint density at radius 3 is 2.60 bits per heavy atom. The standard InChI is InChI=1S/C15H18N2O2S/c1-11-4-6-13(7-5-11)20-9-8-17(3)15(18)14-12(2)19-10-16-14/h4-7,10H,8-9H2,1-3H3. The van der Waals surface area contributed by atoms with Crippen LogP contribution < -0.4 is 0 Å². The molecule has 1 heterocycles. The second-order valence-corrected chi connectivity index (χ2v) is 5.81. The third-order valence-corrected chi connectivity index (χ3v) is 4.00. The summed E-state index contributed by atoms with van der Waals surface area (Å²) in [6.45, 7) is 4.49. The number of thioether (sulfide) groups is 1. The largest absolute Gasteiger partial charge is 0.448 e. The fraction of sp³-hybridized carbons (Fsp3) is 0.333. The highest BCUT2D eigenvalue weighted by atomic mass is 32.2. The molecule has 0 saturated heterocycles. The van der Waals surface area contributed by atoms with Crippen molar-refractivity contribution in [1.29, 1.82) is 0 Å². The van der Waals surface area contributed by atoms with E-state index in [9.17, 15) is 4.79 Å². The molecule has 0 aliphatic rings. The van der Waals surface area contributed by atoms with Crippen LogP contribution in [0.15, 0.2) is 40.0 Å². The van der Waals surface area contributed by atoms with Crippen LogP contribution in [0.5, 0.6) is 0 Å². The van der Waals surface area contributed by atoms with Crippen molar-refractivity contribution in [3.05, 3.63) is 47.7 Å². The summed E-state index contributed by atoms with van der Waals surface area (Å²) in [5, 5.41) is 0. The fourth-order valence-electron chi connectivity index (χ4n) is 1.73. The molecule has 4 nitrogen and oxygen atoms in total. The Bertz CT molecular complexity index is 578. The highest BCUT2D eigenvalue weighted by Gasteiger charge is 2.17. The van der Waals surface area contributed by atoms with E-state index < -0.39 is 0 Å². The van der Waals surface area contributed by atoms with E-state index in [2.05, 4.69) is 36.2 Å². The van der Waals surface area contributed by atoms with Crippen molar-refractivity contribution in [2.24, 2.45) is 0 Å². The van der Waals surface area contributed by atoms with Crippen LogP contribution in [0, 0.1) is 13.8 Å². The van der Waals surface area contributed by atoms with Gasteiger partial charge in [-0.3, -0.25) is 4.79 Å². The van der Waals surface area contributed by atoms with Gasteiger partial charge in [0.15, 0.2) is 12.1 Å². The van der Waals surface area contributed by atoms with Gasteiger partial charge in [0.2, 0.25) is 0 Å². The zero-order valence-electron chi connectivity index (χ0n) is 11.9. The maximum absolute atomic E-state index is 12.1. The first-order valence-corrected chi connectivity index (χ1v) is 7.41. The number of hydrogen-bond donors (Lipinski definition) is 0. The number of aryl methyl sites for hydroxylation is 2. The molecule has 5 heteroatoms. The summed E-state index contributed by atoms with van der Waals surface area (Å²) >= 11 is 1.74. The van der Waals surface area contributed by atoms with Gasteiger partial charge in [-0.2, -0.15) is 0 Å². The summed E-state index contributed by atoms with van der Waals surface area (Å²) in [7, 11) is 1.78. The molecule has 0 fully saturated rings. The SMILES string of the molecule is Cc1ccc(SCCN(C)C(=O)c2ncoc2C)cc1. The molecule has 0 unspecified atom stereocenters. The highest BCUT2D eigenvalue weighted by Crippen LogP contribution is 2.18. The predicted octanol–water partition coefficient (Wildman–Crippen LogP) is 3.16. The highest BCUT2D eigenvalue weighted by molar-refractivity contribution is 7.99. The van der Waals surface area contributed by atoms with Crippen LogP contribution in [0.25, 0.3) is 0 Å². The molecule has 0 aliphatic carbocycles. The maximum atomic E-state index is 12.1. The van der Waals surface area contributed by atoms with Crippen LogP contribution in [0.4, 0.5) is 0 Å². The molecule has 0 saturated carbocycles. The number of oxazole rings is 1. The minimum atomic E-state index is -0.0965. The normalized spacial score (nSPS) is 10.6. The van der Waals surface area contributed by atoms with Gasteiger partial charge in [0, 0.05) is 24.2 Å². The number of aromatic nitrogens is 1. The van der Waals surface area contributed by atoms with Crippen LogP contribution in [0.3, 0.4) is 0 Å². The van der Waals surface area contributed by atoms with Gasteiger partial charge in [-0.15, -0.1) is 11.8 Å². The average molecular weight is 290 g/mol. The summed E-state index contributed by atoms with van der Waals surface area (Å²) in [4.78, 5) is 18.9. The zero-order valence-corrected chi connectivity index (χ0v) is 12.7. The Labute approximate surface area is 123 Å². The number of amides is 1. The molecule has 0 spiro atoms. The first-order chi connectivity index (χ1) is 9.58. The summed E-state index contributed by atoms with van der Waals surface area (Å²) < 4.78 is 5.06. The first kappa shape index (κ1) is 14.7. The number of carbonyl (C=O) groups is 1. The van der Waals surface area contributed by atoms with Crippen molar-refractivity contribution in [2.45, 2.75) is 18.7 Å². The second-order valence-electron chi connectivity index (χ2n) is 4.65. The van der Waals surface area contributed by atoms with E-state index in [1.54, 1.807) is 30.6 Å². The van der Waals surface area contributed by atoms with Crippen LogP contribution in [0.2, 0.25) is 0 Å². The lowest BCUT2D eigenvalue weighted by atomic mass is 10.2. The Morgan fingerprint density at radius 1 is 1.30 bits per heavy atom. The van der Waals surface area contributed by atoms with Gasteiger partial charge < -0.3 is 9.32 Å². The van der Waals surface area contributed by atoms with Crippen molar-refractivity contribution in [2.75, 3.05) is 19.3 Å². The predicted molar refractivity (Wildman–Crippen MR) is 80.1 cm³/mol. The van der Waals surface area contributed by atoms with Gasteiger partial charge in [-0.1, -0.05) is 17.7 Å². The van der Waals surface area contributed by atoms with Crippen LogP contribution in [-0.2, 0) is 0 Å². The van der Waals surface area contributed by atoms with Crippen molar-refractivity contribution >= 4 is 17.7 Å². The average Bonchev–Trinajstić information content (AvgIpc) is 2.86. The number of hydrogen-bond acceptors (Lipinski definition) is 4. The maximum Gasteiger partial charge on any atom is 0.275 e. The molecule has 0 atom stereocenters. The molecule has 2 rings (SSSR count). The third kappa shape index (κ3) is 3.63. The number of carbonyl (C=O) groups excluding carboxylic acids is 1. The summed E-state index contributed by atoms with van der Waals surface area (Å²) in [6.07, 6.45) is 1.30. The van der Waals surface area contributed by atoms with Gasteiger partial charge in [0.05, 0.1) is 0 Å². The Hall–Kier alpha value is -1.75. The van der Waals surface area contributed by atoms with Crippen molar-refractivity contribution < 1.29 is 9.21 Å². The first-order valence-electron chi connectivity index (χ1n) is 6.43. The molecule has 20 heavy (non-hydrogen) atoms. The van der Waals surface area contributed by atoms with E-state index >= 15 is 0 Å². The quantitative estimate of drug-likeness (QED) is 0.794. The monoisotopic (exact) mass is 290 g/mol. The molecule has 106 valence electrons. The van der Waals surface area contributed by atoms with Crippen molar-refractivity contribution in [3.63, 3.8) is 0 Å². The van der Waals surface area contributed by atoms with E-state index in [0.717, 1.165) is 5.75 Å². The van der Waals surface area contributed by atoms with Gasteiger partial charge in [0.25, 0.3) is 5.91 Å². The minimum Gasteiger partial charge on any atom is -0.448 e. The van der Waals surface area contributed by atoms with Crippen molar-refractivity contribution in [1.82, 2.24) is 9.88 Å². The topological polar surface area (TPSA) is 46.3 Å². The molecular weight excluding hydrogens is 272 g/mol. The number of nitrogens with zero attached hydrogens (tertiary/aromatic N) is 2. The molecular formula is C15H18N2O2S.